The van der Waals surface area contributed by atoms with Gasteiger partial charge in [0.15, 0.2) is 11.3 Å². The van der Waals surface area contributed by atoms with Gasteiger partial charge in [-0.25, -0.2) is 4.79 Å². The highest BCUT2D eigenvalue weighted by atomic mass is 16.6. The fraction of sp³-hybridized carbons (Fsp3) is 0.696. The highest BCUT2D eigenvalue weighted by Gasteiger charge is 2.39. The van der Waals surface area contributed by atoms with Crippen molar-refractivity contribution in [1.29, 1.82) is 0 Å². The minimum atomic E-state index is -1.24. The Kier molecular flexibility index (Phi) is 10.8. The van der Waals surface area contributed by atoms with Crippen molar-refractivity contribution in [3.63, 3.8) is 0 Å². The van der Waals surface area contributed by atoms with E-state index in [1.807, 2.05) is 0 Å². The molecule has 0 saturated carbocycles. The molecule has 1 aliphatic heterocycles. The number of amides is 1. The van der Waals surface area contributed by atoms with Gasteiger partial charge in [0, 0.05) is 13.1 Å². The molecular weight excluding hydrogens is 446 g/mol. The van der Waals surface area contributed by atoms with E-state index >= 15 is 0 Å². The molecule has 0 aliphatic carbocycles. The zero-order chi connectivity index (χ0) is 25.1. The molecule has 0 aromatic heterocycles. The second-order valence-corrected chi connectivity index (χ2v) is 8.33. The number of nitro benzene ring substituents is 2. The minimum Gasteiger partial charge on any atom is -0.486 e. The van der Waals surface area contributed by atoms with Gasteiger partial charge >= 0.3 is 11.8 Å². The maximum absolute atomic E-state index is 13.0. The maximum atomic E-state index is 13.0. The van der Waals surface area contributed by atoms with Crippen LogP contribution in [0.4, 0.5) is 16.2 Å². The number of benzene rings is 1. The van der Waals surface area contributed by atoms with Crippen LogP contribution < -0.4 is 9.47 Å². The normalized spacial score (nSPS) is 13.3. The first-order valence-corrected chi connectivity index (χ1v) is 12.0. The van der Waals surface area contributed by atoms with Gasteiger partial charge in [-0.15, -0.1) is 0 Å². The Morgan fingerprint density at radius 2 is 1.59 bits per heavy atom. The highest BCUT2D eigenvalue weighted by Crippen LogP contribution is 2.49. The number of nitrogens with zero attached hydrogens (tertiary/aromatic N) is 3. The highest BCUT2D eigenvalue weighted by molar-refractivity contribution is 5.72. The van der Waals surface area contributed by atoms with Crippen molar-refractivity contribution < 1.29 is 28.9 Å². The van der Waals surface area contributed by atoms with Crippen molar-refractivity contribution in [3.8, 4) is 11.5 Å². The second-order valence-electron chi connectivity index (χ2n) is 8.33. The molecule has 1 aromatic carbocycles. The van der Waals surface area contributed by atoms with Crippen LogP contribution in [-0.4, -0.2) is 47.1 Å². The Balaban J connectivity index is 2.29. The summed E-state index contributed by atoms with van der Waals surface area (Å²) < 4.78 is 16.3. The summed E-state index contributed by atoms with van der Waals surface area (Å²) in [6, 6.07) is 1.09. The third-order valence-corrected chi connectivity index (χ3v) is 5.71. The molecule has 0 radical (unpaired) electrons. The van der Waals surface area contributed by atoms with E-state index in [0.29, 0.717) is 13.1 Å². The average Bonchev–Trinajstić information content (AvgIpc) is 2.81. The number of hydrogen-bond donors (Lipinski definition) is 0. The number of ether oxygens (including phenoxy) is 3. The molecule has 0 N–H and O–H groups in total. The third kappa shape index (κ3) is 7.19. The van der Waals surface area contributed by atoms with Crippen LogP contribution in [0.2, 0.25) is 0 Å². The smallest absolute Gasteiger partial charge is 0.410 e. The van der Waals surface area contributed by atoms with Crippen LogP contribution in [0.5, 0.6) is 11.5 Å². The molecule has 11 nitrogen and oxygen atoms in total. The van der Waals surface area contributed by atoms with E-state index in [4.69, 9.17) is 14.2 Å². The lowest BCUT2D eigenvalue weighted by Crippen LogP contribution is -2.34. The Morgan fingerprint density at radius 1 is 1.00 bits per heavy atom. The van der Waals surface area contributed by atoms with E-state index in [9.17, 15) is 25.0 Å². The summed E-state index contributed by atoms with van der Waals surface area (Å²) in [5.74, 6) is -0.254. The summed E-state index contributed by atoms with van der Waals surface area (Å²) in [6.45, 7) is 6.80. The van der Waals surface area contributed by atoms with E-state index in [-0.39, 0.29) is 30.3 Å². The Hall–Kier alpha value is -3.11. The van der Waals surface area contributed by atoms with E-state index in [1.54, 1.807) is 4.90 Å². The standard InChI is InChI=1S/C23H35N3O8/c1-4-6-8-10-12-24(13-11-9-7-5-2)23(27)34-17(3)20-18(25(28)29)16-19-22(21(20)26(30)31)33-15-14-32-19/h16-17H,4-15H2,1-3H3. The van der Waals surface area contributed by atoms with E-state index < -0.39 is 33.4 Å². The SMILES string of the molecule is CCCCCCN(CCCCCC)C(=O)OC(C)c1c([N+](=O)[O-])cc2c(c1[N+](=O)[O-])OCCO2. The predicted molar refractivity (Wildman–Crippen MR) is 125 cm³/mol. The molecular formula is C23H35N3O8. The molecule has 34 heavy (non-hydrogen) atoms. The lowest BCUT2D eigenvalue weighted by atomic mass is 10.0. The van der Waals surface area contributed by atoms with Gasteiger partial charge in [0.05, 0.1) is 15.9 Å². The number of rotatable bonds is 14. The predicted octanol–water partition coefficient (Wildman–Crippen LogP) is 5.93. The first-order chi connectivity index (χ1) is 16.3. The lowest BCUT2D eigenvalue weighted by Gasteiger charge is -2.25. The van der Waals surface area contributed by atoms with Crippen molar-refractivity contribution in [2.45, 2.75) is 78.2 Å². The van der Waals surface area contributed by atoms with Gasteiger partial charge in [-0.2, -0.15) is 0 Å². The van der Waals surface area contributed by atoms with Crippen molar-refractivity contribution in [1.82, 2.24) is 4.90 Å². The average molecular weight is 482 g/mol. The first-order valence-electron chi connectivity index (χ1n) is 12.0. The largest absolute Gasteiger partial charge is 0.486 e. The molecule has 1 amide bonds. The molecule has 1 atom stereocenters. The molecule has 1 aromatic rings. The Labute approximate surface area is 199 Å². The zero-order valence-corrected chi connectivity index (χ0v) is 20.2. The fourth-order valence-corrected chi connectivity index (χ4v) is 3.94. The molecule has 11 heteroatoms. The quantitative estimate of drug-likeness (QED) is 0.181. The van der Waals surface area contributed by atoms with Gasteiger partial charge < -0.3 is 19.1 Å². The van der Waals surface area contributed by atoms with Crippen LogP contribution >= 0.6 is 0 Å². The van der Waals surface area contributed by atoms with E-state index in [1.165, 1.54) is 6.92 Å². The minimum absolute atomic E-state index is 0.0691. The Bertz CT molecular complexity index is 849. The maximum Gasteiger partial charge on any atom is 0.410 e. The summed E-state index contributed by atoms with van der Waals surface area (Å²) in [5, 5.41) is 23.6. The van der Waals surface area contributed by atoms with Gasteiger partial charge in [-0.05, 0) is 19.8 Å². The molecule has 0 bridgehead atoms. The van der Waals surface area contributed by atoms with E-state index in [2.05, 4.69) is 13.8 Å². The number of unbranched alkanes of at least 4 members (excludes halogenated alkanes) is 6. The molecule has 0 fully saturated rings. The van der Waals surface area contributed by atoms with Crippen LogP contribution in [0.3, 0.4) is 0 Å². The molecule has 1 aliphatic rings. The van der Waals surface area contributed by atoms with Gasteiger partial charge in [0.2, 0.25) is 5.75 Å². The van der Waals surface area contributed by atoms with Crippen molar-refractivity contribution >= 4 is 17.5 Å². The van der Waals surface area contributed by atoms with Gasteiger partial charge in [-0.3, -0.25) is 20.2 Å². The fourth-order valence-electron chi connectivity index (χ4n) is 3.94. The van der Waals surface area contributed by atoms with Gasteiger partial charge in [0.25, 0.3) is 5.69 Å². The molecule has 1 heterocycles. The van der Waals surface area contributed by atoms with Crippen LogP contribution in [0.15, 0.2) is 6.07 Å². The summed E-state index contributed by atoms with van der Waals surface area (Å²) in [7, 11) is 0. The second kappa shape index (κ2) is 13.6. The summed E-state index contributed by atoms with van der Waals surface area (Å²) in [5.41, 5.74) is -1.47. The lowest BCUT2D eigenvalue weighted by molar-refractivity contribution is -0.397. The molecule has 190 valence electrons. The molecule has 2 rings (SSSR count). The summed E-state index contributed by atoms with van der Waals surface area (Å²) in [4.78, 5) is 36.8. The zero-order valence-electron chi connectivity index (χ0n) is 20.2. The van der Waals surface area contributed by atoms with Gasteiger partial charge in [-0.1, -0.05) is 52.4 Å². The van der Waals surface area contributed by atoms with Crippen molar-refractivity contribution in [3.05, 3.63) is 31.9 Å². The van der Waals surface area contributed by atoms with E-state index in [0.717, 1.165) is 57.4 Å². The monoisotopic (exact) mass is 481 g/mol. The third-order valence-electron chi connectivity index (χ3n) is 5.71. The number of carbonyl (C=O) groups excluding carboxylic acids is 1. The Morgan fingerprint density at radius 3 is 2.12 bits per heavy atom. The molecule has 0 spiro atoms. The van der Waals surface area contributed by atoms with Crippen molar-refractivity contribution in [2.75, 3.05) is 26.3 Å². The van der Waals surface area contributed by atoms with Crippen LogP contribution in [0, 0.1) is 20.2 Å². The number of nitro groups is 2. The summed E-state index contributed by atoms with van der Waals surface area (Å²) >= 11 is 0. The molecule has 0 saturated heterocycles. The van der Waals surface area contributed by atoms with Crippen LogP contribution in [-0.2, 0) is 4.74 Å². The number of fused-ring (bicyclic) bond motifs is 1. The van der Waals surface area contributed by atoms with Crippen molar-refractivity contribution in [2.24, 2.45) is 0 Å². The van der Waals surface area contributed by atoms with Crippen LogP contribution in [0.25, 0.3) is 0 Å². The first kappa shape index (κ1) is 27.1. The number of hydrogen-bond acceptors (Lipinski definition) is 8. The van der Waals surface area contributed by atoms with Gasteiger partial charge in [0.1, 0.15) is 19.3 Å². The van der Waals surface area contributed by atoms with Crippen LogP contribution in [0.1, 0.15) is 83.8 Å². The topological polar surface area (TPSA) is 134 Å². The molecule has 1 unspecified atom stereocenters. The summed E-state index contributed by atoms with van der Waals surface area (Å²) in [6.07, 6.45) is 5.95. The number of carbonyl (C=O) groups is 1.